The predicted molar refractivity (Wildman–Crippen MR) is 75.4 cm³/mol. The number of nitrogens with two attached hydrogens (primary N) is 1. The van der Waals surface area contributed by atoms with Gasteiger partial charge in [-0.05, 0) is 25.2 Å². The molecule has 3 N–H and O–H groups in total. The van der Waals surface area contributed by atoms with Crippen molar-refractivity contribution in [1.82, 2.24) is 4.90 Å². The van der Waals surface area contributed by atoms with Gasteiger partial charge in [-0.1, -0.05) is 26.0 Å². The molecule has 0 bridgehead atoms. The number of rotatable bonds is 7. The molecular weight excluding hydrogens is 232 g/mol. The van der Waals surface area contributed by atoms with E-state index in [1.165, 1.54) is 0 Å². The largest absolute Gasteiger partial charge is 0.398 e. The molecular formula is C13H22N2OS. The Morgan fingerprint density at radius 1 is 1.29 bits per heavy atom. The molecule has 0 heterocycles. The molecule has 4 heteroatoms. The fourth-order valence-corrected chi connectivity index (χ4v) is 2.52. The van der Waals surface area contributed by atoms with Crippen molar-refractivity contribution in [3.05, 3.63) is 24.3 Å². The first kappa shape index (κ1) is 14.4. The van der Waals surface area contributed by atoms with Crippen LogP contribution in [0.3, 0.4) is 0 Å². The van der Waals surface area contributed by atoms with E-state index in [4.69, 9.17) is 5.73 Å². The summed E-state index contributed by atoms with van der Waals surface area (Å²) in [6, 6.07) is 7.77. The van der Waals surface area contributed by atoms with Crippen molar-refractivity contribution in [3.8, 4) is 0 Å². The molecule has 3 nitrogen and oxygen atoms in total. The Morgan fingerprint density at radius 3 is 2.53 bits per heavy atom. The molecule has 1 aromatic carbocycles. The Morgan fingerprint density at radius 2 is 1.94 bits per heavy atom. The first-order valence-electron chi connectivity index (χ1n) is 6.05. The van der Waals surface area contributed by atoms with Crippen molar-refractivity contribution in [1.29, 1.82) is 0 Å². The van der Waals surface area contributed by atoms with Crippen LogP contribution in [0.2, 0.25) is 0 Å². The molecule has 1 unspecified atom stereocenters. The fraction of sp³-hybridized carbons (Fsp3) is 0.538. The lowest BCUT2D eigenvalue weighted by Crippen LogP contribution is -2.33. The number of hydrogen-bond donors (Lipinski definition) is 2. The average molecular weight is 254 g/mol. The van der Waals surface area contributed by atoms with Crippen LogP contribution in [-0.4, -0.2) is 41.5 Å². The van der Waals surface area contributed by atoms with Crippen LogP contribution in [0, 0.1) is 0 Å². The molecule has 0 aliphatic carbocycles. The molecule has 96 valence electrons. The summed E-state index contributed by atoms with van der Waals surface area (Å²) in [7, 11) is 0. The van der Waals surface area contributed by atoms with E-state index in [1.54, 1.807) is 11.8 Å². The number of nitrogen functional groups attached to an aromatic ring is 1. The van der Waals surface area contributed by atoms with E-state index in [1.807, 2.05) is 24.3 Å². The average Bonchev–Trinajstić information content (AvgIpc) is 2.35. The fourth-order valence-electron chi connectivity index (χ4n) is 1.63. The third-order valence-corrected chi connectivity index (χ3v) is 3.95. The molecule has 0 fully saturated rings. The zero-order valence-corrected chi connectivity index (χ0v) is 11.4. The molecule has 0 aliphatic rings. The van der Waals surface area contributed by atoms with Gasteiger partial charge in [0.15, 0.2) is 0 Å². The molecule has 1 aromatic rings. The summed E-state index contributed by atoms with van der Waals surface area (Å²) in [5, 5.41) is 9.93. The minimum absolute atomic E-state index is 0.306. The van der Waals surface area contributed by atoms with Crippen LogP contribution in [0.1, 0.15) is 13.8 Å². The number of likely N-dealkylation sites (N-methyl/N-ethyl adjacent to an activating group) is 1. The number of benzene rings is 1. The Kier molecular flexibility index (Phi) is 6.40. The van der Waals surface area contributed by atoms with Crippen molar-refractivity contribution in [3.63, 3.8) is 0 Å². The standard InChI is InChI=1S/C13H22N2OS/c1-3-15(4-2)9-11(16)10-17-13-8-6-5-7-12(13)14/h5-8,11,16H,3-4,9-10,14H2,1-2H3. The van der Waals surface area contributed by atoms with Crippen molar-refractivity contribution in [2.45, 2.75) is 24.8 Å². The van der Waals surface area contributed by atoms with E-state index in [0.717, 1.165) is 30.2 Å². The molecule has 0 radical (unpaired) electrons. The van der Waals surface area contributed by atoms with E-state index in [2.05, 4.69) is 18.7 Å². The van der Waals surface area contributed by atoms with Gasteiger partial charge in [0.1, 0.15) is 0 Å². The van der Waals surface area contributed by atoms with E-state index in [-0.39, 0.29) is 6.10 Å². The van der Waals surface area contributed by atoms with Gasteiger partial charge >= 0.3 is 0 Å². The lowest BCUT2D eigenvalue weighted by Gasteiger charge is -2.21. The number of hydrogen-bond acceptors (Lipinski definition) is 4. The van der Waals surface area contributed by atoms with E-state index in [0.29, 0.717) is 5.75 Å². The zero-order chi connectivity index (χ0) is 12.7. The molecule has 1 rings (SSSR count). The van der Waals surface area contributed by atoms with Gasteiger partial charge in [0.2, 0.25) is 0 Å². The zero-order valence-electron chi connectivity index (χ0n) is 10.6. The summed E-state index contributed by atoms with van der Waals surface area (Å²) in [4.78, 5) is 3.27. The van der Waals surface area contributed by atoms with Gasteiger partial charge in [0.05, 0.1) is 6.10 Å². The van der Waals surface area contributed by atoms with Gasteiger partial charge in [0, 0.05) is 22.9 Å². The lowest BCUT2D eigenvalue weighted by atomic mass is 10.3. The molecule has 17 heavy (non-hydrogen) atoms. The molecule has 0 saturated carbocycles. The molecule has 0 aliphatic heterocycles. The predicted octanol–water partition coefficient (Wildman–Crippen LogP) is 2.06. The molecule has 0 aromatic heterocycles. The van der Waals surface area contributed by atoms with Gasteiger partial charge in [-0.2, -0.15) is 0 Å². The van der Waals surface area contributed by atoms with Crippen molar-refractivity contribution >= 4 is 17.4 Å². The number of nitrogens with zero attached hydrogens (tertiary/aromatic N) is 1. The van der Waals surface area contributed by atoms with Crippen LogP contribution in [0.15, 0.2) is 29.2 Å². The van der Waals surface area contributed by atoms with Gasteiger partial charge in [-0.3, -0.25) is 0 Å². The van der Waals surface area contributed by atoms with Crippen LogP contribution in [0.25, 0.3) is 0 Å². The summed E-state index contributed by atoms with van der Waals surface area (Å²) in [5.41, 5.74) is 6.63. The SMILES string of the molecule is CCN(CC)CC(O)CSc1ccccc1N. The highest BCUT2D eigenvalue weighted by Gasteiger charge is 2.10. The Hall–Kier alpha value is -0.710. The summed E-state index contributed by atoms with van der Waals surface area (Å²) in [5.74, 6) is 0.685. The Labute approximate surface area is 108 Å². The van der Waals surface area contributed by atoms with Crippen LogP contribution >= 0.6 is 11.8 Å². The summed E-state index contributed by atoms with van der Waals surface area (Å²) >= 11 is 1.62. The maximum Gasteiger partial charge on any atom is 0.0760 e. The number of thioether (sulfide) groups is 1. The summed E-state index contributed by atoms with van der Waals surface area (Å²) < 4.78 is 0. The normalized spacial score (nSPS) is 12.9. The second-order valence-electron chi connectivity index (χ2n) is 3.99. The monoisotopic (exact) mass is 254 g/mol. The van der Waals surface area contributed by atoms with Crippen LogP contribution in [-0.2, 0) is 0 Å². The van der Waals surface area contributed by atoms with E-state index in [9.17, 15) is 5.11 Å². The molecule has 0 saturated heterocycles. The quantitative estimate of drug-likeness (QED) is 0.578. The highest BCUT2D eigenvalue weighted by Crippen LogP contribution is 2.24. The summed E-state index contributed by atoms with van der Waals surface area (Å²) in [6.07, 6.45) is -0.306. The number of anilines is 1. The van der Waals surface area contributed by atoms with Crippen molar-refractivity contribution in [2.24, 2.45) is 0 Å². The number of aliphatic hydroxyl groups excluding tert-OH is 1. The topological polar surface area (TPSA) is 49.5 Å². The second kappa shape index (κ2) is 7.58. The Balaban J connectivity index is 2.38. The van der Waals surface area contributed by atoms with Crippen LogP contribution in [0.4, 0.5) is 5.69 Å². The summed E-state index contributed by atoms with van der Waals surface area (Å²) in [6.45, 7) is 6.90. The first-order valence-corrected chi connectivity index (χ1v) is 7.03. The minimum Gasteiger partial charge on any atom is -0.398 e. The minimum atomic E-state index is -0.306. The van der Waals surface area contributed by atoms with E-state index < -0.39 is 0 Å². The third kappa shape index (κ3) is 4.98. The molecule has 0 amide bonds. The van der Waals surface area contributed by atoms with Gasteiger partial charge in [-0.15, -0.1) is 11.8 Å². The molecule has 1 atom stereocenters. The maximum absolute atomic E-state index is 9.93. The second-order valence-corrected chi connectivity index (χ2v) is 5.05. The van der Waals surface area contributed by atoms with Crippen molar-refractivity contribution in [2.75, 3.05) is 31.1 Å². The van der Waals surface area contributed by atoms with Gasteiger partial charge in [-0.25, -0.2) is 0 Å². The van der Waals surface area contributed by atoms with Gasteiger partial charge < -0.3 is 15.7 Å². The third-order valence-electron chi connectivity index (χ3n) is 2.71. The Bertz CT molecular complexity index is 329. The van der Waals surface area contributed by atoms with Gasteiger partial charge in [0.25, 0.3) is 0 Å². The highest BCUT2D eigenvalue weighted by atomic mass is 32.2. The van der Waals surface area contributed by atoms with E-state index >= 15 is 0 Å². The lowest BCUT2D eigenvalue weighted by molar-refractivity contribution is 0.137. The van der Waals surface area contributed by atoms with Crippen LogP contribution < -0.4 is 5.73 Å². The molecule has 0 spiro atoms. The highest BCUT2D eigenvalue weighted by molar-refractivity contribution is 7.99. The maximum atomic E-state index is 9.93. The van der Waals surface area contributed by atoms with Crippen LogP contribution in [0.5, 0.6) is 0 Å². The van der Waals surface area contributed by atoms with Crippen molar-refractivity contribution < 1.29 is 5.11 Å². The smallest absolute Gasteiger partial charge is 0.0760 e. The number of para-hydroxylation sites is 1. The number of aliphatic hydroxyl groups is 1. The first-order chi connectivity index (χ1) is 8.17.